The fraction of sp³-hybridized carbons (Fsp3) is 0.304. The number of carbonyl (C=O) groups excluding carboxylic acids is 1. The summed E-state index contributed by atoms with van der Waals surface area (Å²) in [5.41, 5.74) is 2.43. The van der Waals surface area contributed by atoms with E-state index in [0.29, 0.717) is 17.3 Å². The van der Waals surface area contributed by atoms with Gasteiger partial charge >= 0.3 is 0 Å². The van der Waals surface area contributed by atoms with Crippen LogP contribution in [0.15, 0.2) is 59.5 Å². The minimum Gasteiger partial charge on any atom is -0.361 e. The van der Waals surface area contributed by atoms with Gasteiger partial charge < -0.3 is 10.3 Å². The number of amides is 1. The van der Waals surface area contributed by atoms with Crippen LogP contribution in [-0.4, -0.2) is 31.9 Å². The van der Waals surface area contributed by atoms with Crippen molar-refractivity contribution in [3.63, 3.8) is 0 Å². The highest BCUT2D eigenvalue weighted by molar-refractivity contribution is 5.84. The maximum absolute atomic E-state index is 13.1. The molecule has 2 aromatic carbocycles. The van der Waals surface area contributed by atoms with Crippen LogP contribution in [0, 0.1) is 5.92 Å². The number of hydrogen-bond acceptors (Lipinski definition) is 4. The summed E-state index contributed by atoms with van der Waals surface area (Å²) in [5, 5.41) is 12.9. The van der Waals surface area contributed by atoms with E-state index in [4.69, 9.17) is 0 Å². The quantitative estimate of drug-likeness (QED) is 0.517. The van der Waals surface area contributed by atoms with Crippen molar-refractivity contribution in [2.45, 2.75) is 39.3 Å². The third-order valence-electron chi connectivity index (χ3n) is 5.34. The van der Waals surface area contributed by atoms with Gasteiger partial charge in [0.1, 0.15) is 11.6 Å². The summed E-state index contributed by atoms with van der Waals surface area (Å²) in [5.74, 6) is -0.359. The van der Waals surface area contributed by atoms with E-state index in [-0.39, 0.29) is 23.4 Å². The number of aromatic amines is 1. The van der Waals surface area contributed by atoms with Gasteiger partial charge in [-0.1, -0.05) is 49.4 Å². The van der Waals surface area contributed by atoms with Crippen molar-refractivity contribution in [1.29, 1.82) is 0 Å². The highest BCUT2D eigenvalue weighted by atomic mass is 16.2. The minimum atomic E-state index is -0.736. The molecule has 2 N–H and O–H groups in total. The molecular weight excluding hydrogens is 378 g/mol. The second kappa shape index (κ2) is 8.10. The van der Waals surface area contributed by atoms with E-state index in [2.05, 4.69) is 26.7 Å². The van der Waals surface area contributed by atoms with Gasteiger partial charge in [-0.25, -0.2) is 0 Å². The molecule has 2 heterocycles. The van der Waals surface area contributed by atoms with Crippen LogP contribution in [0.4, 0.5) is 0 Å². The van der Waals surface area contributed by atoms with Crippen molar-refractivity contribution in [3.05, 3.63) is 70.6 Å². The third-order valence-corrected chi connectivity index (χ3v) is 5.34. The van der Waals surface area contributed by atoms with Crippen LogP contribution in [0.1, 0.15) is 32.4 Å². The lowest BCUT2D eigenvalue weighted by atomic mass is 10.0. The van der Waals surface area contributed by atoms with Crippen LogP contribution < -0.4 is 10.9 Å². The number of nitrogens with zero attached hydrogens (tertiary/aromatic N) is 3. The zero-order valence-corrected chi connectivity index (χ0v) is 17.3. The number of aromatic nitrogens is 4. The first-order valence-electron chi connectivity index (χ1n) is 10.2. The number of para-hydroxylation sites is 1. The number of carbonyl (C=O) groups is 1. The maximum atomic E-state index is 13.1. The Bertz CT molecular complexity index is 1260. The van der Waals surface area contributed by atoms with Crippen molar-refractivity contribution in [2.75, 3.05) is 0 Å². The van der Waals surface area contributed by atoms with Crippen molar-refractivity contribution in [3.8, 4) is 0 Å². The van der Waals surface area contributed by atoms with Crippen molar-refractivity contribution < 1.29 is 4.79 Å². The maximum Gasteiger partial charge on any atom is 0.278 e. The van der Waals surface area contributed by atoms with Gasteiger partial charge in [-0.05, 0) is 43.0 Å². The fourth-order valence-electron chi connectivity index (χ4n) is 3.89. The van der Waals surface area contributed by atoms with Crippen LogP contribution in [-0.2, 0) is 11.2 Å². The first-order chi connectivity index (χ1) is 14.5. The predicted molar refractivity (Wildman–Crippen MR) is 117 cm³/mol. The molecule has 30 heavy (non-hydrogen) atoms. The average molecular weight is 403 g/mol. The molecule has 154 valence electrons. The molecule has 1 amide bonds. The molecule has 2 aromatic heterocycles. The molecule has 0 spiro atoms. The Morgan fingerprint density at radius 2 is 1.77 bits per heavy atom. The highest BCUT2D eigenvalue weighted by Crippen LogP contribution is 2.20. The molecule has 0 radical (unpaired) electrons. The first-order valence-corrected chi connectivity index (χ1v) is 10.2. The van der Waals surface area contributed by atoms with Crippen LogP contribution in [0.25, 0.3) is 21.8 Å². The molecule has 4 aromatic rings. The highest BCUT2D eigenvalue weighted by Gasteiger charge is 2.28. The zero-order chi connectivity index (χ0) is 21.3. The number of hydrogen-bond donors (Lipinski definition) is 2. The number of rotatable bonds is 6. The lowest BCUT2D eigenvalue weighted by molar-refractivity contribution is -0.126. The van der Waals surface area contributed by atoms with Gasteiger partial charge in [0, 0.05) is 23.1 Å². The van der Waals surface area contributed by atoms with Crippen molar-refractivity contribution >= 4 is 27.7 Å². The Morgan fingerprint density at radius 1 is 1.07 bits per heavy atom. The summed E-state index contributed by atoms with van der Waals surface area (Å²) in [6, 6.07) is 14.3. The molecule has 0 saturated carbocycles. The molecule has 0 aliphatic carbocycles. The van der Waals surface area contributed by atoms with Gasteiger partial charge in [-0.15, -0.1) is 5.10 Å². The fourth-order valence-corrected chi connectivity index (χ4v) is 3.89. The van der Waals surface area contributed by atoms with Gasteiger partial charge in [0.25, 0.3) is 5.56 Å². The van der Waals surface area contributed by atoms with E-state index in [1.165, 1.54) is 4.68 Å². The van der Waals surface area contributed by atoms with Crippen molar-refractivity contribution in [1.82, 2.24) is 25.3 Å². The molecule has 0 unspecified atom stereocenters. The van der Waals surface area contributed by atoms with Crippen LogP contribution >= 0.6 is 0 Å². The Hall–Kier alpha value is -3.48. The minimum absolute atomic E-state index is 0.109. The van der Waals surface area contributed by atoms with Gasteiger partial charge in [0.2, 0.25) is 5.91 Å². The molecule has 2 atom stereocenters. The monoisotopic (exact) mass is 403 g/mol. The van der Waals surface area contributed by atoms with Crippen LogP contribution in [0.3, 0.4) is 0 Å². The van der Waals surface area contributed by atoms with E-state index < -0.39 is 6.04 Å². The molecule has 7 heteroatoms. The van der Waals surface area contributed by atoms with Crippen molar-refractivity contribution in [2.24, 2.45) is 5.92 Å². The summed E-state index contributed by atoms with van der Waals surface area (Å²) in [6.45, 7) is 5.77. The second-order valence-electron chi connectivity index (χ2n) is 8.02. The third kappa shape index (κ3) is 3.70. The SMILES string of the molecule is CC(C)[C@@H](C(=O)N[C@H](C)Cc1c[nH]c2ccccc12)n1nnc2ccccc2c1=O. The molecule has 0 fully saturated rings. The van der Waals surface area contributed by atoms with Gasteiger partial charge in [0.15, 0.2) is 0 Å². The Kier molecular flexibility index (Phi) is 5.35. The summed E-state index contributed by atoms with van der Waals surface area (Å²) in [7, 11) is 0. The van der Waals surface area contributed by atoms with E-state index in [1.54, 1.807) is 24.3 Å². The second-order valence-corrected chi connectivity index (χ2v) is 8.02. The summed E-state index contributed by atoms with van der Waals surface area (Å²) in [4.78, 5) is 29.3. The predicted octanol–water partition coefficient (Wildman–Crippen LogP) is 3.22. The standard InChI is InChI=1S/C23H25N5O2/c1-14(2)21(28-23(30)18-9-5-7-11-20(18)26-27-28)22(29)25-15(3)12-16-13-24-19-10-6-4-8-17(16)19/h4-11,13-15,21,24H,12H2,1-3H3,(H,25,29)/t15-,21+/m1/s1. The zero-order valence-electron chi connectivity index (χ0n) is 17.3. The first kappa shape index (κ1) is 19.8. The Morgan fingerprint density at radius 3 is 2.53 bits per heavy atom. The Balaban J connectivity index is 1.57. The number of H-pyrrole nitrogens is 1. The average Bonchev–Trinajstić information content (AvgIpc) is 3.12. The van der Waals surface area contributed by atoms with Gasteiger partial charge in [-0.2, -0.15) is 4.68 Å². The molecule has 4 rings (SSSR count). The molecule has 0 bridgehead atoms. The van der Waals surface area contributed by atoms with Gasteiger partial charge in [0.05, 0.1) is 5.39 Å². The molecule has 7 nitrogen and oxygen atoms in total. The normalized spacial score (nSPS) is 13.6. The largest absolute Gasteiger partial charge is 0.361 e. The smallest absolute Gasteiger partial charge is 0.278 e. The lowest BCUT2D eigenvalue weighted by Gasteiger charge is -2.23. The summed E-state index contributed by atoms with van der Waals surface area (Å²) < 4.78 is 1.21. The Labute approximate surface area is 174 Å². The van der Waals surface area contributed by atoms with Crippen LogP contribution in [0.2, 0.25) is 0 Å². The molecular formula is C23H25N5O2. The number of nitrogens with one attached hydrogen (secondary N) is 2. The van der Waals surface area contributed by atoms with Gasteiger partial charge in [-0.3, -0.25) is 9.59 Å². The van der Waals surface area contributed by atoms with E-state index in [1.807, 2.05) is 45.2 Å². The van der Waals surface area contributed by atoms with E-state index in [9.17, 15) is 9.59 Å². The topological polar surface area (TPSA) is 92.7 Å². The lowest BCUT2D eigenvalue weighted by Crippen LogP contribution is -2.44. The summed E-state index contributed by atoms with van der Waals surface area (Å²) >= 11 is 0. The molecule has 0 saturated heterocycles. The molecule has 0 aliphatic rings. The summed E-state index contributed by atoms with van der Waals surface area (Å²) in [6.07, 6.45) is 2.66. The molecule has 0 aliphatic heterocycles. The van der Waals surface area contributed by atoms with Crippen LogP contribution in [0.5, 0.6) is 0 Å². The van der Waals surface area contributed by atoms with E-state index >= 15 is 0 Å². The number of benzene rings is 2. The van der Waals surface area contributed by atoms with E-state index in [0.717, 1.165) is 16.5 Å². The number of fused-ring (bicyclic) bond motifs is 2.